The fourth-order valence-electron chi connectivity index (χ4n) is 2.24. The molecule has 0 aromatic rings. The van der Waals surface area contributed by atoms with Crippen molar-refractivity contribution in [1.82, 2.24) is 5.32 Å². The highest BCUT2D eigenvalue weighted by Crippen LogP contribution is 2.44. The summed E-state index contributed by atoms with van der Waals surface area (Å²) in [6.45, 7) is 8.02. The van der Waals surface area contributed by atoms with E-state index in [-0.39, 0.29) is 5.54 Å². The summed E-state index contributed by atoms with van der Waals surface area (Å²) in [5.41, 5.74) is 0.936. The van der Waals surface area contributed by atoms with E-state index >= 15 is 0 Å². The molecule has 1 rings (SSSR count). The van der Waals surface area contributed by atoms with Crippen molar-refractivity contribution in [3.8, 4) is 0 Å². The van der Waals surface area contributed by atoms with E-state index in [1.165, 1.54) is 44.4 Å². The number of rotatable bonds is 6. The van der Waals surface area contributed by atoms with Crippen LogP contribution in [-0.2, 0) is 0 Å². The highest BCUT2D eigenvalue weighted by molar-refractivity contribution is 7.98. The molecule has 0 aromatic carbocycles. The van der Waals surface area contributed by atoms with Gasteiger partial charge in [-0.25, -0.2) is 0 Å². The van der Waals surface area contributed by atoms with E-state index in [0.717, 1.165) is 0 Å². The molecule has 1 aliphatic rings. The molecule has 0 amide bonds. The van der Waals surface area contributed by atoms with E-state index in [9.17, 15) is 0 Å². The van der Waals surface area contributed by atoms with Gasteiger partial charge >= 0.3 is 0 Å². The highest BCUT2D eigenvalue weighted by atomic mass is 32.2. The summed E-state index contributed by atoms with van der Waals surface area (Å²) >= 11 is 1.98. The molecule has 0 unspecified atom stereocenters. The molecule has 2 heteroatoms. The molecule has 0 spiro atoms. The molecule has 90 valence electrons. The zero-order valence-corrected chi connectivity index (χ0v) is 11.7. The van der Waals surface area contributed by atoms with Crippen LogP contribution in [0, 0.1) is 5.41 Å². The molecule has 0 aliphatic heterocycles. The summed E-state index contributed by atoms with van der Waals surface area (Å²) in [7, 11) is 0. The monoisotopic (exact) mass is 229 g/mol. The smallest absolute Gasteiger partial charge is 0.00967 e. The summed E-state index contributed by atoms with van der Waals surface area (Å²) in [6, 6.07) is 0. The van der Waals surface area contributed by atoms with Crippen molar-refractivity contribution in [3.63, 3.8) is 0 Å². The average Bonchev–Trinajstić information content (AvgIpc) is 2.06. The third-order valence-corrected chi connectivity index (χ3v) is 4.16. The van der Waals surface area contributed by atoms with Gasteiger partial charge in [0.25, 0.3) is 0 Å². The number of hydrogen-bond donors (Lipinski definition) is 1. The van der Waals surface area contributed by atoms with Crippen LogP contribution in [0.4, 0.5) is 0 Å². The molecule has 1 nitrogen and oxygen atoms in total. The van der Waals surface area contributed by atoms with Gasteiger partial charge in [-0.2, -0.15) is 11.8 Å². The van der Waals surface area contributed by atoms with Crippen molar-refractivity contribution < 1.29 is 0 Å². The summed E-state index contributed by atoms with van der Waals surface area (Å²) in [5, 5.41) is 3.68. The molecular formula is C13H27NS. The van der Waals surface area contributed by atoms with Crippen LogP contribution >= 0.6 is 11.8 Å². The first-order valence-electron chi connectivity index (χ1n) is 6.21. The molecule has 15 heavy (non-hydrogen) atoms. The van der Waals surface area contributed by atoms with E-state index in [2.05, 4.69) is 32.3 Å². The number of nitrogens with one attached hydrogen (secondary N) is 1. The Morgan fingerprint density at radius 3 is 2.33 bits per heavy atom. The lowest BCUT2D eigenvalue weighted by Gasteiger charge is -2.44. The van der Waals surface area contributed by atoms with Crippen LogP contribution < -0.4 is 5.32 Å². The maximum atomic E-state index is 3.68. The predicted molar refractivity (Wildman–Crippen MR) is 71.7 cm³/mol. The molecule has 0 aromatic heterocycles. The van der Waals surface area contributed by atoms with Crippen molar-refractivity contribution in [2.75, 3.05) is 18.6 Å². The van der Waals surface area contributed by atoms with E-state index in [4.69, 9.17) is 0 Å². The zero-order chi connectivity index (χ0) is 11.4. The summed E-state index contributed by atoms with van der Waals surface area (Å²) < 4.78 is 0. The quantitative estimate of drug-likeness (QED) is 0.697. The third kappa shape index (κ3) is 4.78. The Hall–Kier alpha value is 0.310. The van der Waals surface area contributed by atoms with Gasteiger partial charge in [-0.15, -0.1) is 0 Å². The molecule has 0 bridgehead atoms. The largest absolute Gasteiger partial charge is 0.312 e. The van der Waals surface area contributed by atoms with Crippen LogP contribution in [0.5, 0.6) is 0 Å². The molecule has 0 heterocycles. The SMILES string of the molecule is CSCCCC1(CNC(C)(C)C)CCC1. The van der Waals surface area contributed by atoms with Gasteiger partial charge in [-0.3, -0.25) is 0 Å². The Morgan fingerprint density at radius 2 is 1.93 bits per heavy atom. The van der Waals surface area contributed by atoms with E-state index in [1.54, 1.807) is 0 Å². The van der Waals surface area contributed by atoms with Crippen molar-refractivity contribution >= 4 is 11.8 Å². The Balaban J connectivity index is 2.27. The fourth-order valence-corrected chi connectivity index (χ4v) is 2.67. The van der Waals surface area contributed by atoms with E-state index < -0.39 is 0 Å². The minimum Gasteiger partial charge on any atom is -0.312 e. The molecule has 0 atom stereocenters. The molecule has 0 saturated heterocycles. The predicted octanol–water partition coefficient (Wildman–Crippen LogP) is 3.69. The minimum atomic E-state index is 0.280. The molecule has 1 fully saturated rings. The second-order valence-electron chi connectivity index (χ2n) is 6.05. The summed E-state index contributed by atoms with van der Waals surface area (Å²) in [6.07, 6.45) is 9.38. The van der Waals surface area contributed by atoms with Crippen molar-refractivity contribution in [1.29, 1.82) is 0 Å². The molecule has 1 saturated carbocycles. The normalized spacial score (nSPS) is 20.0. The number of hydrogen-bond acceptors (Lipinski definition) is 2. The van der Waals surface area contributed by atoms with Crippen LogP contribution in [0.3, 0.4) is 0 Å². The van der Waals surface area contributed by atoms with Gasteiger partial charge in [0, 0.05) is 12.1 Å². The molecule has 0 radical (unpaired) electrons. The number of thioether (sulfide) groups is 1. The molecule has 1 N–H and O–H groups in total. The minimum absolute atomic E-state index is 0.280. The standard InChI is InChI=1S/C13H27NS/c1-12(2,3)14-11-13(7-5-8-13)9-6-10-15-4/h14H,5-11H2,1-4H3. The van der Waals surface area contributed by atoms with Crippen LogP contribution in [0.1, 0.15) is 52.9 Å². The van der Waals surface area contributed by atoms with Crippen LogP contribution in [0.15, 0.2) is 0 Å². The maximum Gasteiger partial charge on any atom is 0.00967 e. The van der Waals surface area contributed by atoms with Crippen LogP contribution in [-0.4, -0.2) is 24.1 Å². The molecular weight excluding hydrogens is 202 g/mol. The van der Waals surface area contributed by atoms with Gasteiger partial charge in [0.15, 0.2) is 0 Å². The lowest BCUT2D eigenvalue weighted by molar-refractivity contribution is 0.105. The van der Waals surface area contributed by atoms with E-state index in [1.807, 2.05) is 11.8 Å². The summed E-state index contributed by atoms with van der Waals surface area (Å²) in [4.78, 5) is 0. The topological polar surface area (TPSA) is 12.0 Å². The highest BCUT2D eigenvalue weighted by Gasteiger charge is 2.36. The Kier molecular flexibility index (Phi) is 4.98. The van der Waals surface area contributed by atoms with Gasteiger partial charge in [-0.1, -0.05) is 6.42 Å². The zero-order valence-electron chi connectivity index (χ0n) is 10.9. The van der Waals surface area contributed by atoms with Crippen LogP contribution in [0.2, 0.25) is 0 Å². The summed E-state index contributed by atoms with van der Waals surface area (Å²) in [5.74, 6) is 1.33. The second kappa shape index (κ2) is 5.58. The maximum absolute atomic E-state index is 3.68. The first kappa shape index (κ1) is 13.4. The van der Waals surface area contributed by atoms with Gasteiger partial charge in [-0.05, 0) is 63.9 Å². The van der Waals surface area contributed by atoms with Crippen molar-refractivity contribution in [3.05, 3.63) is 0 Å². The van der Waals surface area contributed by atoms with Gasteiger partial charge in [0.05, 0.1) is 0 Å². The first-order valence-corrected chi connectivity index (χ1v) is 7.61. The first-order chi connectivity index (χ1) is 6.97. The lowest BCUT2D eigenvalue weighted by atomic mass is 9.66. The second-order valence-corrected chi connectivity index (χ2v) is 7.04. The Morgan fingerprint density at radius 1 is 1.27 bits per heavy atom. The van der Waals surface area contributed by atoms with Gasteiger partial charge in [0.1, 0.15) is 0 Å². The lowest BCUT2D eigenvalue weighted by Crippen LogP contribution is -2.46. The van der Waals surface area contributed by atoms with Gasteiger partial charge < -0.3 is 5.32 Å². The third-order valence-electron chi connectivity index (χ3n) is 3.46. The average molecular weight is 229 g/mol. The fraction of sp³-hybridized carbons (Fsp3) is 1.00. The Bertz CT molecular complexity index is 179. The van der Waals surface area contributed by atoms with Crippen LogP contribution in [0.25, 0.3) is 0 Å². The van der Waals surface area contributed by atoms with Gasteiger partial charge in [0.2, 0.25) is 0 Å². The van der Waals surface area contributed by atoms with Crippen molar-refractivity contribution in [2.24, 2.45) is 5.41 Å². The molecule has 1 aliphatic carbocycles. The Labute approximate surface area is 99.8 Å². The van der Waals surface area contributed by atoms with E-state index in [0.29, 0.717) is 5.41 Å². The van der Waals surface area contributed by atoms with Crippen molar-refractivity contribution in [2.45, 2.75) is 58.4 Å².